The first-order chi connectivity index (χ1) is 6.68. The third kappa shape index (κ3) is 9.93. The summed E-state index contributed by atoms with van der Waals surface area (Å²) >= 11 is 0. The molecule has 8 heteroatoms. The summed E-state index contributed by atoms with van der Waals surface area (Å²) in [4.78, 5) is 0. The van der Waals surface area contributed by atoms with Gasteiger partial charge >= 0.3 is 37.2 Å². The number of nitrogens with one attached hydrogen (secondary N) is 1. The van der Waals surface area contributed by atoms with Gasteiger partial charge in [-0.15, -0.1) is 0 Å². The van der Waals surface area contributed by atoms with Crippen molar-refractivity contribution in [1.29, 1.82) is 0 Å². The number of nitrogens with two attached hydrogens (primary N) is 1. The van der Waals surface area contributed by atoms with E-state index in [2.05, 4.69) is 5.48 Å². The maximum atomic E-state index is 11.7. The predicted octanol–water partition coefficient (Wildman–Crippen LogP) is -0.570. The van der Waals surface area contributed by atoms with Crippen LogP contribution < -0.4 is 11.2 Å². The van der Waals surface area contributed by atoms with E-state index in [4.69, 9.17) is 20.0 Å². The molecule has 0 heterocycles. The Bertz CT molecular complexity index is 184. The van der Waals surface area contributed by atoms with Gasteiger partial charge in [0.2, 0.25) is 0 Å². The van der Waals surface area contributed by atoms with Crippen LogP contribution >= 0.6 is 7.60 Å². The van der Waals surface area contributed by atoms with Crippen LogP contribution in [0.3, 0.4) is 0 Å². The molecule has 0 aliphatic carbocycles. The van der Waals surface area contributed by atoms with Crippen LogP contribution in [0.15, 0.2) is 0 Å². The van der Waals surface area contributed by atoms with Crippen molar-refractivity contribution < 1.29 is 18.8 Å². The van der Waals surface area contributed by atoms with Crippen LogP contribution in [0.4, 0.5) is 0 Å². The van der Waals surface area contributed by atoms with Gasteiger partial charge in [-0.25, -0.2) is 4.62 Å². The van der Waals surface area contributed by atoms with Crippen molar-refractivity contribution in [2.24, 2.45) is 5.73 Å². The molecule has 0 aromatic carbocycles. The van der Waals surface area contributed by atoms with E-state index in [-0.39, 0.29) is 42.3 Å². The molecule has 1 atom stereocenters. The van der Waals surface area contributed by atoms with Gasteiger partial charge < -0.3 is 15.4 Å². The molecule has 0 amide bonds. The summed E-state index contributed by atoms with van der Waals surface area (Å²) in [6, 6.07) is 0. The zero-order chi connectivity index (χ0) is 10.9. The fraction of sp³-hybridized carbons (Fsp3) is 1.00. The molecular formula is C7H20N2NaO4P. The average molecular weight is 250 g/mol. The number of aliphatic hydroxyl groups is 1. The minimum atomic E-state index is -3.18. The van der Waals surface area contributed by atoms with Crippen LogP contribution in [0.1, 0.15) is 13.3 Å². The minimum absolute atomic E-state index is 0. The standard InChI is InChI=1S/C7H19N2O4P.Na.H/c1-2-6-12-14(11,7-5-10)13-9-4-3-8;;/h9-10H,2-8H2,1H3;;. The van der Waals surface area contributed by atoms with E-state index in [1.54, 1.807) is 0 Å². The third-order valence-corrected chi connectivity index (χ3v) is 3.05. The molecule has 0 saturated carbocycles. The van der Waals surface area contributed by atoms with Gasteiger partial charge in [0.25, 0.3) is 0 Å². The summed E-state index contributed by atoms with van der Waals surface area (Å²) in [6.07, 6.45) is 0.736. The van der Waals surface area contributed by atoms with Crippen LogP contribution in [0.5, 0.6) is 0 Å². The molecular weight excluding hydrogens is 230 g/mol. The van der Waals surface area contributed by atoms with Gasteiger partial charge in [-0.2, -0.15) is 5.48 Å². The molecule has 0 saturated heterocycles. The summed E-state index contributed by atoms with van der Waals surface area (Å²) in [5.74, 6) is 0. The fourth-order valence-electron chi connectivity index (χ4n) is 0.692. The van der Waals surface area contributed by atoms with E-state index in [1.165, 1.54) is 0 Å². The quantitative estimate of drug-likeness (QED) is 0.219. The van der Waals surface area contributed by atoms with E-state index in [1.807, 2.05) is 6.92 Å². The second-order valence-corrected chi connectivity index (χ2v) is 4.78. The SMILES string of the molecule is CCCOP(=O)(CCO)ONCCN.[NaH]. The third-order valence-electron chi connectivity index (χ3n) is 1.32. The van der Waals surface area contributed by atoms with Crippen molar-refractivity contribution in [1.82, 2.24) is 5.48 Å². The zero-order valence-corrected chi connectivity index (χ0v) is 9.33. The Labute approximate surface area is 113 Å². The summed E-state index contributed by atoms with van der Waals surface area (Å²) in [6.45, 7) is 2.79. The van der Waals surface area contributed by atoms with Crippen molar-refractivity contribution in [3.8, 4) is 0 Å². The normalized spacial score (nSPS) is 14.3. The molecule has 0 bridgehead atoms. The van der Waals surface area contributed by atoms with E-state index in [0.717, 1.165) is 6.42 Å². The number of hydroxylamine groups is 1. The summed E-state index contributed by atoms with van der Waals surface area (Å²) in [5, 5.41) is 8.67. The van der Waals surface area contributed by atoms with Crippen molar-refractivity contribution in [2.75, 3.05) is 32.5 Å². The first-order valence-electron chi connectivity index (χ1n) is 4.64. The Morgan fingerprint density at radius 3 is 2.67 bits per heavy atom. The summed E-state index contributed by atoms with van der Waals surface area (Å²) in [7, 11) is -3.18. The second kappa shape index (κ2) is 11.5. The molecule has 0 aromatic rings. The van der Waals surface area contributed by atoms with Crippen molar-refractivity contribution in [2.45, 2.75) is 13.3 Å². The van der Waals surface area contributed by atoms with E-state index in [9.17, 15) is 4.57 Å². The Kier molecular flexibility index (Phi) is 14.1. The first-order valence-corrected chi connectivity index (χ1v) is 6.37. The average Bonchev–Trinajstić information content (AvgIpc) is 2.16. The molecule has 0 aliphatic rings. The van der Waals surface area contributed by atoms with Crippen LogP contribution in [0.25, 0.3) is 0 Å². The molecule has 15 heavy (non-hydrogen) atoms. The Hall–Kier alpha value is 1.03. The predicted molar refractivity (Wildman–Crippen MR) is 61.1 cm³/mol. The van der Waals surface area contributed by atoms with Crippen LogP contribution in [-0.4, -0.2) is 67.1 Å². The van der Waals surface area contributed by atoms with E-state index in [0.29, 0.717) is 19.7 Å². The number of rotatable bonds is 9. The van der Waals surface area contributed by atoms with Gasteiger partial charge in [-0.1, -0.05) is 6.92 Å². The molecule has 0 radical (unpaired) electrons. The number of aliphatic hydroxyl groups excluding tert-OH is 1. The Morgan fingerprint density at radius 2 is 2.20 bits per heavy atom. The molecule has 88 valence electrons. The molecule has 1 unspecified atom stereocenters. The van der Waals surface area contributed by atoms with Gasteiger partial charge in [0.15, 0.2) is 0 Å². The topological polar surface area (TPSA) is 93.8 Å². The van der Waals surface area contributed by atoms with Crippen molar-refractivity contribution in [3.63, 3.8) is 0 Å². The maximum absolute atomic E-state index is 11.7. The first kappa shape index (κ1) is 18.4. The van der Waals surface area contributed by atoms with Gasteiger partial charge in [0.1, 0.15) is 0 Å². The van der Waals surface area contributed by atoms with Crippen LogP contribution in [-0.2, 0) is 13.7 Å². The van der Waals surface area contributed by atoms with Gasteiger partial charge in [0.05, 0.1) is 19.4 Å². The van der Waals surface area contributed by atoms with Crippen molar-refractivity contribution in [3.05, 3.63) is 0 Å². The van der Waals surface area contributed by atoms with Gasteiger partial charge in [0, 0.05) is 13.1 Å². The van der Waals surface area contributed by atoms with Crippen LogP contribution in [0.2, 0.25) is 0 Å². The number of hydrogen-bond acceptors (Lipinski definition) is 6. The van der Waals surface area contributed by atoms with E-state index >= 15 is 0 Å². The molecule has 0 fully saturated rings. The monoisotopic (exact) mass is 250 g/mol. The Balaban J connectivity index is 0. The summed E-state index contributed by atoms with van der Waals surface area (Å²) < 4.78 is 21.6. The summed E-state index contributed by atoms with van der Waals surface area (Å²) in [5.41, 5.74) is 7.65. The van der Waals surface area contributed by atoms with E-state index < -0.39 is 7.60 Å². The number of hydrogen-bond donors (Lipinski definition) is 3. The fourth-order valence-corrected chi connectivity index (χ4v) is 1.96. The molecule has 0 aromatic heterocycles. The Morgan fingerprint density at radius 1 is 1.53 bits per heavy atom. The molecule has 0 rings (SSSR count). The second-order valence-electron chi connectivity index (χ2n) is 2.67. The van der Waals surface area contributed by atoms with Gasteiger partial charge in [-0.05, 0) is 6.42 Å². The zero-order valence-electron chi connectivity index (χ0n) is 8.44. The van der Waals surface area contributed by atoms with Gasteiger partial charge in [-0.3, -0.25) is 4.57 Å². The molecule has 4 N–H and O–H groups in total. The van der Waals surface area contributed by atoms with Crippen LogP contribution in [0, 0.1) is 0 Å². The molecule has 6 nitrogen and oxygen atoms in total. The molecule has 0 aliphatic heterocycles. The molecule has 0 spiro atoms. The van der Waals surface area contributed by atoms with Crippen molar-refractivity contribution >= 4 is 37.2 Å².